The summed E-state index contributed by atoms with van der Waals surface area (Å²) < 4.78 is 55.8. The second-order valence-electron chi connectivity index (χ2n) is 7.88. The van der Waals surface area contributed by atoms with Crippen LogP contribution in [0.4, 0.5) is 5.69 Å². The molecule has 6 nitrogen and oxygen atoms in total. The molecule has 3 aromatic carbocycles. The van der Waals surface area contributed by atoms with E-state index in [1.807, 2.05) is 19.9 Å². The third-order valence-corrected chi connectivity index (χ3v) is 9.17. The second-order valence-corrected chi connectivity index (χ2v) is 11.9. The number of aryl methyl sites for hydroxylation is 2. The maximum atomic E-state index is 13.0. The van der Waals surface area contributed by atoms with Gasteiger partial charge in [-0.2, -0.15) is 4.31 Å². The Morgan fingerprint density at radius 2 is 1.50 bits per heavy atom. The molecule has 1 N–H and O–H groups in total. The van der Waals surface area contributed by atoms with Gasteiger partial charge >= 0.3 is 0 Å². The molecule has 1 heterocycles. The smallest absolute Gasteiger partial charge is 0.261 e. The average molecular weight is 491 g/mol. The van der Waals surface area contributed by atoms with Crippen molar-refractivity contribution in [1.29, 1.82) is 0 Å². The van der Waals surface area contributed by atoms with Gasteiger partial charge in [0.1, 0.15) is 0 Å². The minimum Gasteiger partial charge on any atom is -0.280 e. The van der Waals surface area contributed by atoms with Crippen LogP contribution in [0.25, 0.3) is 0 Å². The van der Waals surface area contributed by atoms with Gasteiger partial charge in [-0.15, -0.1) is 0 Å². The lowest BCUT2D eigenvalue weighted by Crippen LogP contribution is -2.36. The molecule has 3 aromatic rings. The number of nitrogens with zero attached hydrogens (tertiary/aromatic N) is 1. The summed E-state index contributed by atoms with van der Waals surface area (Å²) in [5.41, 5.74) is 4.07. The highest BCUT2D eigenvalue weighted by Crippen LogP contribution is 2.28. The highest BCUT2D eigenvalue weighted by atomic mass is 35.5. The van der Waals surface area contributed by atoms with Crippen molar-refractivity contribution in [1.82, 2.24) is 4.31 Å². The molecule has 0 aromatic heterocycles. The van der Waals surface area contributed by atoms with E-state index in [0.29, 0.717) is 23.7 Å². The summed E-state index contributed by atoms with van der Waals surface area (Å²) in [6, 6.07) is 16.3. The summed E-state index contributed by atoms with van der Waals surface area (Å²) in [5, 5.41) is 0.466. The van der Waals surface area contributed by atoms with Crippen LogP contribution in [0.2, 0.25) is 5.02 Å². The van der Waals surface area contributed by atoms with Crippen LogP contribution in [0.1, 0.15) is 22.3 Å². The number of halogens is 1. The number of benzene rings is 3. The van der Waals surface area contributed by atoms with Gasteiger partial charge < -0.3 is 0 Å². The van der Waals surface area contributed by atoms with Crippen LogP contribution in [0.3, 0.4) is 0 Å². The Morgan fingerprint density at radius 3 is 2.19 bits per heavy atom. The predicted octanol–water partition coefficient (Wildman–Crippen LogP) is 4.50. The van der Waals surface area contributed by atoms with E-state index in [1.54, 1.807) is 42.5 Å². The minimum absolute atomic E-state index is 0.166. The maximum Gasteiger partial charge on any atom is 0.261 e. The van der Waals surface area contributed by atoms with Gasteiger partial charge in [-0.25, -0.2) is 16.8 Å². The summed E-state index contributed by atoms with van der Waals surface area (Å²) in [5.74, 6) is 0. The maximum absolute atomic E-state index is 13.0. The highest BCUT2D eigenvalue weighted by molar-refractivity contribution is 7.92. The zero-order valence-electron chi connectivity index (χ0n) is 17.7. The van der Waals surface area contributed by atoms with Crippen LogP contribution >= 0.6 is 11.6 Å². The quantitative estimate of drug-likeness (QED) is 0.570. The van der Waals surface area contributed by atoms with Crippen LogP contribution in [0.5, 0.6) is 0 Å². The third kappa shape index (κ3) is 4.54. The summed E-state index contributed by atoms with van der Waals surface area (Å²) in [4.78, 5) is 0.363. The first kappa shape index (κ1) is 22.8. The molecular formula is C23H23ClN2O4S2. The largest absolute Gasteiger partial charge is 0.280 e. The Balaban J connectivity index is 1.59. The molecule has 1 aliphatic heterocycles. The van der Waals surface area contributed by atoms with Crippen molar-refractivity contribution < 1.29 is 16.8 Å². The number of nitrogens with one attached hydrogen (secondary N) is 1. The van der Waals surface area contributed by atoms with Gasteiger partial charge in [-0.05, 0) is 91.1 Å². The van der Waals surface area contributed by atoms with Crippen LogP contribution in [-0.2, 0) is 33.0 Å². The lowest BCUT2D eigenvalue weighted by Gasteiger charge is -2.28. The van der Waals surface area contributed by atoms with Gasteiger partial charge in [0.25, 0.3) is 10.0 Å². The van der Waals surface area contributed by atoms with E-state index < -0.39 is 20.0 Å². The van der Waals surface area contributed by atoms with Gasteiger partial charge in [0.15, 0.2) is 0 Å². The molecule has 0 atom stereocenters. The Morgan fingerprint density at radius 1 is 0.812 bits per heavy atom. The molecule has 0 fully saturated rings. The Hall–Kier alpha value is -2.39. The number of fused-ring (bicyclic) bond motifs is 1. The minimum atomic E-state index is -3.76. The Labute approximate surface area is 193 Å². The molecule has 0 unspecified atom stereocenters. The molecule has 0 saturated heterocycles. The zero-order chi connectivity index (χ0) is 23.1. The molecule has 0 saturated carbocycles. The van der Waals surface area contributed by atoms with Crippen LogP contribution in [0, 0.1) is 13.8 Å². The summed E-state index contributed by atoms with van der Waals surface area (Å²) in [6.45, 7) is 4.31. The SMILES string of the molecule is Cc1ccc(S(=O)(=O)Nc2ccc3c(c2)CN(S(=O)(=O)c2ccc(Cl)cc2)CC3)cc1C. The Kier molecular flexibility index (Phi) is 6.06. The van der Waals surface area contributed by atoms with Crippen molar-refractivity contribution >= 4 is 37.3 Å². The van der Waals surface area contributed by atoms with Gasteiger partial charge in [0.2, 0.25) is 10.0 Å². The third-order valence-electron chi connectivity index (χ3n) is 5.68. The number of hydrogen-bond acceptors (Lipinski definition) is 4. The molecule has 0 aliphatic carbocycles. The standard InChI is InChI=1S/C23H23ClN2O4S2/c1-16-3-8-23(13-17(16)2)31(27,28)25-21-7-4-18-11-12-26(15-19(18)14-21)32(29,30)22-9-5-20(24)6-10-22/h3-10,13-14,25H,11-12,15H2,1-2H3. The summed E-state index contributed by atoms with van der Waals surface area (Å²) in [7, 11) is -7.45. The van der Waals surface area contributed by atoms with Gasteiger partial charge in [0, 0.05) is 23.8 Å². The van der Waals surface area contributed by atoms with Gasteiger partial charge in [-0.3, -0.25) is 4.72 Å². The van der Waals surface area contributed by atoms with E-state index in [0.717, 1.165) is 22.3 Å². The van der Waals surface area contributed by atoms with Crippen LogP contribution in [0.15, 0.2) is 70.5 Å². The van der Waals surface area contributed by atoms with Crippen molar-refractivity contribution in [2.24, 2.45) is 0 Å². The fourth-order valence-corrected chi connectivity index (χ4v) is 6.33. The molecule has 4 rings (SSSR count). The van der Waals surface area contributed by atoms with Crippen molar-refractivity contribution in [2.75, 3.05) is 11.3 Å². The fraction of sp³-hybridized carbons (Fsp3) is 0.217. The second kappa shape index (κ2) is 8.51. The molecule has 0 amide bonds. The van der Waals surface area contributed by atoms with Crippen molar-refractivity contribution in [3.63, 3.8) is 0 Å². The summed E-state index contributed by atoms with van der Waals surface area (Å²) in [6.07, 6.45) is 0.548. The molecule has 1 aliphatic rings. The monoisotopic (exact) mass is 490 g/mol. The number of anilines is 1. The average Bonchev–Trinajstić information content (AvgIpc) is 2.75. The summed E-state index contributed by atoms with van der Waals surface area (Å²) >= 11 is 5.88. The molecule has 0 radical (unpaired) electrons. The Bertz CT molecular complexity index is 1390. The van der Waals surface area contributed by atoms with Crippen molar-refractivity contribution in [3.8, 4) is 0 Å². The number of rotatable bonds is 5. The highest BCUT2D eigenvalue weighted by Gasteiger charge is 2.28. The van der Waals surface area contributed by atoms with Crippen LogP contribution in [-0.4, -0.2) is 27.7 Å². The van der Waals surface area contributed by atoms with E-state index in [4.69, 9.17) is 11.6 Å². The number of hydrogen-bond donors (Lipinski definition) is 1. The van der Waals surface area contributed by atoms with E-state index in [1.165, 1.54) is 16.4 Å². The van der Waals surface area contributed by atoms with Gasteiger partial charge in [0.05, 0.1) is 9.79 Å². The topological polar surface area (TPSA) is 83.6 Å². The normalized spacial score (nSPS) is 14.7. The zero-order valence-corrected chi connectivity index (χ0v) is 20.1. The van der Waals surface area contributed by atoms with E-state index >= 15 is 0 Å². The molecule has 0 spiro atoms. The molecule has 32 heavy (non-hydrogen) atoms. The lowest BCUT2D eigenvalue weighted by atomic mass is 10.0. The van der Waals surface area contributed by atoms with E-state index in [9.17, 15) is 16.8 Å². The van der Waals surface area contributed by atoms with E-state index in [-0.39, 0.29) is 16.3 Å². The van der Waals surface area contributed by atoms with Crippen molar-refractivity contribution in [3.05, 3.63) is 87.9 Å². The lowest BCUT2D eigenvalue weighted by molar-refractivity contribution is 0.391. The van der Waals surface area contributed by atoms with Gasteiger partial charge in [-0.1, -0.05) is 23.7 Å². The fourth-order valence-electron chi connectivity index (χ4n) is 3.65. The molecular weight excluding hydrogens is 468 g/mol. The first-order valence-corrected chi connectivity index (χ1v) is 13.3. The van der Waals surface area contributed by atoms with Crippen LogP contribution < -0.4 is 4.72 Å². The van der Waals surface area contributed by atoms with E-state index in [2.05, 4.69) is 4.72 Å². The first-order chi connectivity index (χ1) is 15.1. The van der Waals surface area contributed by atoms with Crippen molar-refractivity contribution in [2.45, 2.75) is 36.6 Å². The number of sulfonamides is 2. The molecule has 9 heteroatoms. The first-order valence-electron chi connectivity index (χ1n) is 10.0. The predicted molar refractivity (Wildman–Crippen MR) is 126 cm³/mol. The molecule has 0 bridgehead atoms. The molecule has 168 valence electrons.